The molecule has 0 amide bonds. The molecule has 21 heavy (non-hydrogen) atoms. The van der Waals surface area contributed by atoms with Gasteiger partial charge in [0, 0.05) is 36.6 Å². The SMILES string of the molecule is NCc1cc(Cn2ccnc2-c2ccccc2)ccc1F. The average molecular weight is 281 g/mol. The van der Waals surface area contributed by atoms with E-state index in [0.29, 0.717) is 12.1 Å². The largest absolute Gasteiger partial charge is 0.327 e. The Labute approximate surface area is 122 Å². The van der Waals surface area contributed by atoms with Gasteiger partial charge in [-0.05, 0) is 17.7 Å². The number of nitrogens with two attached hydrogens (primary N) is 1. The fourth-order valence-electron chi connectivity index (χ4n) is 2.36. The molecule has 4 heteroatoms. The average Bonchev–Trinajstić information content (AvgIpc) is 2.98. The summed E-state index contributed by atoms with van der Waals surface area (Å²) in [7, 11) is 0. The zero-order valence-corrected chi connectivity index (χ0v) is 11.5. The Bertz CT molecular complexity index is 735. The molecule has 0 aliphatic heterocycles. The van der Waals surface area contributed by atoms with E-state index in [1.54, 1.807) is 12.3 Å². The lowest BCUT2D eigenvalue weighted by molar-refractivity contribution is 0.609. The molecule has 0 saturated heterocycles. The minimum absolute atomic E-state index is 0.204. The Kier molecular flexibility index (Phi) is 3.79. The van der Waals surface area contributed by atoms with Gasteiger partial charge < -0.3 is 10.3 Å². The molecule has 2 aromatic carbocycles. The Morgan fingerprint density at radius 2 is 1.90 bits per heavy atom. The van der Waals surface area contributed by atoms with Crippen LogP contribution in [0.3, 0.4) is 0 Å². The van der Waals surface area contributed by atoms with E-state index in [0.717, 1.165) is 17.0 Å². The van der Waals surface area contributed by atoms with Crippen molar-refractivity contribution in [3.63, 3.8) is 0 Å². The van der Waals surface area contributed by atoms with E-state index in [9.17, 15) is 4.39 Å². The Morgan fingerprint density at radius 1 is 1.10 bits per heavy atom. The summed E-state index contributed by atoms with van der Waals surface area (Å²) in [5.41, 5.74) is 8.16. The molecule has 0 saturated carbocycles. The second kappa shape index (κ2) is 5.89. The predicted molar refractivity (Wildman–Crippen MR) is 81.1 cm³/mol. The maximum absolute atomic E-state index is 13.5. The van der Waals surface area contributed by atoms with Crippen molar-refractivity contribution in [1.82, 2.24) is 9.55 Å². The number of benzene rings is 2. The molecular formula is C17H16FN3. The van der Waals surface area contributed by atoms with Gasteiger partial charge in [0.15, 0.2) is 0 Å². The molecule has 3 nitrogen and oxygen atoms in total. The second-order valence-corrected chi connectivity index (χ2v) is 4.87. The van der Waals surface area contributed by atoms with Gasteiger partial charge in [-0.3, -0.25) is 0 Å². The zero-order valence-electron chi connectivity index (χ0n) is 11.5. The van der Waals surface area contributed by atoms with Crippen LogP contribution in [-0.2, 0) is 13.1 Å². The number of halogens is 1. The third kappa shape index (κ3) is 2.85. The van der Waals surface area contributed by atoms with Crippen LogP contribution in [0.25, 0.3) is 11.4 Å². The fraction of sp³-hybridized carbons (Fsp3) is 0.118. The summed E-state index contributed by atoms with van der Waals surface area (Å²) in [6.07, 6.45) is 3.70. The molecule has 0 unspecified atom stereocenters. The molecule has 2 N–H and O–H groups in total. The molecule has 0 spiro atoms. The van der Waals surface area contributed by atoms with Crippen molar-refractivity contribution < 1.29 is 4.39 Å². The third-order valence-corrected chi connectivity index (χ3v) is 3.43. The highest BCUT2D eigenvalue weighted by atomic mass is 19.1. The van der Waals surface area contributed by atoms with E-state index in [1.165, 1.54) is 6.07 Å². The van der Waals surface area contributed by atoms with Gasteiger partial charge in [0.05, 0.1) is 0 Å². The summed E-state index contributed by atoms with van der Waals surface area (Å²) in [6.45, 7) is 0.840. The molecule has 0 aliphatic rings. The Hall–Kier alpha value is -2.46. The van der Waals surface area contributed by atoms with Crippen LogP contribution in [0.15, 0.2) is 60.9 Å². The summed E-state index contributed by atoms with van der Waals surface area (Å²) >= 11 is 0. The van der Waals surface area contributed by atoms with Gasteiger partial charge in [0.2, 0.25) is 0 Å². The molecule has 3 rings (SSSR count). The molecule has 0 atom stereocenters. The molecule has 0 aliphatic carbocycles. The molecule has 0 fully saturated rings. The zero-order chi connectivity index (χ0) is 14.7. The van der Waals surface area contributed by atoms with Crippen LogP contribution >= 0.6 is 0 Å². The predicted octanol–water partition coefficient (Wildman–Crippen LogP) is 3.20. The van der Waals surface area contributed by atoms with Crippen LogP contribution in [0.5, 0.6) is 0 Å². The number of rotatable bonds is 4. The van der Waals surface area contributed by atoms with Crippen LogP contribution in [-0.4, -0.2) is 9.55 Å². The van der Waals surface area contributed by atoms with Crippen molar-refractivity contribution in [3.05, 3.63) is 77.9 Å². The summed E-state index contributed by atoms with van der Waals surface area (Å²) in [4.78, 5) is 4.41. The van der Waals surface area contributed by atoms with Crippen LogP contribution in [0.4, 0.5) is 4.39 Å². The molecular weight excluding hydrogens is 265 g/mol. The van der Waals surface area contributed by atoms with E-state index < -0.39 is 0 Å². The lowest BCUT2D eigenvalue weighted by Gasteiger charge is -2.09. The lowest BCUT2D eigenvalue weighted by Crippen LogP contribution is -2.04. The van der Waals surface area contributed by atoms with Gasteiger partial charge >= 0.3 is 0 Å². The number of hydrogen-bond donors (Lipinski definition) is 1. The third-order valence-electron chi connectivity index (χ3n) is 3.43. The van der Waals surface area contributed by atoms with Gasteiger partial charge in [-0.15, -0.1) is 0 Å². The van der Waals surface area contributed by atoms with E-state index >= 15 is 0 Å². The normalized spacial score (nSPS) is 10.8. The van der Waals surface area contributed by atoms with Crippen molar-refractivity contribution in [2.45, 2.75) is 13.1 Å². The van der Waals surface area contributed by atoms with Gasteiger partial charge in [0.1, 0.15) is 11.6 Å². The molecule has 3 aromatic rings. The van der Waals surface area contributed by atoms with Gasteiger partial charge in [-0.25, -0.2) is 9.37 Å². The van der Waals surface area contributed by atoms with Crippen molar-refractivity contribution in [1.29, 1.82) is 0 Å². The maximum Gasteiger partial charge on any atom is 0.140 e. The van der Waals surface area contributed by atoms with Crippen molar-refractivity contribution in [2.75, 3.05) is 0 Å². The van der Waals surface area contributed by atoms with Crippen LogP contribution in [0.1, 0.15) is 11.1 Å². The van der Waals surface area contributed by atoms with Gasteiger partial charge in [0.25, 0.3) is 0 Å². The van der Waals surface area contributed by atoms with E-state index in [1.807, 2.05) is 47.2 Å². The summed E-state index contributed by atoms with van der Waals surface area (Å²) in [5, 5.41) is 0. The maximum atomic E-state index is 13.5. The second-order valence-electron chi connectivity index (χ2n) is 4.87. The molecule has 0 radical (unpaired) electrons. The number of nitrogens with zero attached hydrogens (tertiary/aromatic N) is 2. The van der Waals surface area contributed by atoms with Gasteiger partial charge in [-0.2, -0.15) is 0 Å². The highest BCUT2D eigenvalue weighted by molar-refractivity contribution is 5.55. The monoisotopic (exact) mass is 281 g/mol. The standard InChI is InChI=1S/C17H16FN3/c18-16-7-6-13(10-15(16)11-19)12-21-9-8-20-17(21)14-4-2-1-3-5-14/h1-10H,11-12,19H2. The summed E-state index contributed by atoms with van der Waals surface area (Å²) in [5.74, 6) is 0.643. The van der Waals surface area contributed by atoms with E-state index in [2.05, 4.69) is 4.98 Å². The van der Waals surface area contributed by atoms with Crippen molar-refractivity contribution in [3.8, 4) is 11.4 Å². The topological polar surface area (TPSA) is 43.8 Å². The molecule has 106 valence electrons. The fourth-order valence-corrected chi connectivity index (χ4v) is 2.36. The van der Waals surface area contributed by atoms with E-state index in [-0.39, 0.29) is 12.4 Å². The minimum Gasteiger partial charge on any atom is -0.327 e. The number of imidazole rings is 1. The first kappa shape index (κ1) is 13.5. The van der Waals surface area contributed by atoms with Crippen molar-refractivity contribution >= 4 is 0 Å². The first-order valence-corrected chi connectivity index (χ1v) is 6.82. The molecule has 1 heterocycles. The number of aromatic nitrogens is 2. The van der Waals surface area contributed by atoms with Crippen molar-refractivity contribution in [2.24, 2.45) is 5.73 Å². The number of hydrogen-bond acceptors (Lipinski definition) is 2. The highest BCUT2D eigenvalue weighted by Crippen LogP contribution is 2.19. The Morgan fingerprint density at radius 3 is 2.67 bits per heavy atom. The lowest BCUT2D eigenvalue weighted by atomic mass is 10.1. The minimum atomic E-state index is -0.254. The Balaban J connectivity index is 1.91. The highest BCUT2D eigenvalue weighted by Gasteiger charge is 2.07. The smallest absolute Gasteiger partial charge is 0.140 e. The molecule has 1 aromatic heterocycles. The van der Waals surface area contributed by atoms with Gasteiger partial charge in [-0.1, -0.05) is 36.4 Å². The molecule has 0 bridgehead atoms. The van der Waals surface area contributed by atoms with Crippen LogP contribution in [0.2, 0.25) is 0 Å². The first-order valence-electron chi connectivity index (χ1n) is 6.82. The van der Waals surface area contributed by atoms with E-state index in [4.69, 9.17) is 5.73 Å². The van der Waals surface area contributed by atoms with Crippen LogP contribution in [0, 0.1) is 5.82 Å². The summed E-state index contributed by atoms with van der Waals surface area (Å²) < 4.78 is 15.5. The first-order chi connectivity index (χ1) is 10.3. The summed E-state index contributed by atoms with van der Waals surface area (Å²) in [6, 6.07) is 15.1. The quantitative estimate of drug-likeness (QED) is 0.798. The van der Waals surface area contributed by atoms with Crippen LogP contribution < -0.4 is 5.73 Å².